The summed E-state index contributed by atoms with van der Waals surface area (Å²) in [5.74, 6) is -20.4. The summed E-state index contributed by atoms with van der Waals surface area (Å²) < 4.78 is 102. The Hall–Kier alpha value is -1.44. The predicted molar refractivity (Wildman–Crippen MR) is 46.7 cm³/mol. The Labute approximate surface area is 97.3 Å². The summed E-state index contributed by atoms with van der Waals surface area (Å²) in [6.07, 6.45) is 0. The monoisotopic (exact) mass is 278 g/mol. The molecule has 0 amide bonds. The van der Waals surface area contributed by atoms with Crippen LogP contribution >= 0.6 is 0 Å². The average molecular weight is 278 g/mol. The summed E-state index contributed by atoms with van der Waals surface area (Å²) in [7, 11) is 0. The molecule has 0 saturated heterocycles. The van der Waals surface area contributed by atoms with E-state index in [0.717, 1.165) is 0 Å². The summed E-state index contributed by atoms with van der Waals surface area (Å²) in [5.41, 5.74) is 0. The first-order valence-electron chi connectivity index (χ1n) is 4.26. The van der Waals surface area contributed by atoms with Gasteiger partial charge >= 0.3 is 23.7 Å². The van der Waals surface area contributed by atoms with Crippen molar-refractivity contribution in [2.24, 2.45) is 0 Å². The molecule has 0 atom stereocenters. The molecule has 0 heterocycles. The van der Waals surface area contributed by atoms with E-state index >= 15 is 0 Å². The predicted octanol–water partition coefficient (Wildman–Crippen LogP) is 3.57. The van der Waals surface area contributed by atoms with Gasteiger partial charge in [-0.05, 0) is 25.7 Å². The van der Waals surface area contributed by atoms with Crippen LogP contribution in [0.25, 0.3) is 0 Å². The molecule has 18 heavy (non-hydrogen) atoms. The van der Waals surface area contributed by atoms with Gasteiger partial charge in [-0.25, -0.2) is 0 Å². The summed E-state index contributed by atoms with van der Waals surface area (Å²) in [4.78, 5) is 0. The molecular formula is C10H6F8. The van der Waals surface area contributed by atoms with Gasteiger partial charge in [-0.15, -0.1) is 11.8 Å². The van der Waals surface area contributed by atoms with Gasteiger partial charge in [0.1, 0.15) is 0 Å². The van der Waals surface area contributed by atoms with E-state index in [1.807, 2.05) is 0 Å². The molecule has 0 aliphatic rings. The molecule has 0 unspecified atom stereocenters. The molecule has 0 spiro atoms. The standard InChI is InChI=1S/C10H6F8/c1-3-5-7(11,12)9(15,16)10(17,18)8(13,14)6-4-2/h1-2H3. The Morgan fingerprint density at radius 3 is 0.944 bits per heavy atom. The summed E-state index contributed by atoms with van der Waals surface area (Å²) >= 11 is 0. The van der Waals surface area contributed by atoms with E-state index in [1.165, 1.54) is 11.8 Å². The summed E-state index contributed by atoms with van der Waals surface area (Å²) in [6.45, 7) is 1.35. The van der Waals surface area contributed by atoms with Gasteiger partial charge < -0.3 is 0 Å². The Kier molecular flexibility index (Phi) is 4.30. The van der Waals surface area contributed by atoms with E-state index in [9.17, 15) is 35.1 Å². The van der Waals surface area contributed by atoms with E-state index < -0.39 is 23.7 Å². The molecule has 0 fully saturated rings. The minimum Gasteiger partial charge on any atom is -0.191 e. The average Bonchev–Trinajstić information content (AvgIpc) is 2.16. The molecule has 0 bridgehead atoms. The van der Waals surface area contributed by atoms with Crippen LogP contribution in [0.15, 0.2) is 0 Å². The van der Waals surface area contributed by atoms with Crippen LogP contribution in [-0.2, 0) is 0 Å². The Morgan fingerprint density at radius 1 is 0.556 bits per heavy atom. The van der Waals surface area contributed by atoms with Crippen LogP contribution in [0.4, 0.5) is 35.1 Å². The van der Waals surface area contributed by atoms with Crippen molar-refractivity contribution in [2.45, 2.75) is 37.5 Å². The van der Waals surface area contributed by atoms with Crippen molar-refractivity contribution in [1.29, 1.82) is 0 Å². The fourth-order valence-corrected chi connectivity index (χ4v) is 0.865. The van der Waals surface area contributed by atoms with Crippen molar-refractivity contribution in [3.63, 3.8) is 0 Å². The van der Waals surface area contributed by atoms with Crippen LogP contribution < -0.4 is 0 Å². The van der Waals surface area contributed by atoms with Crippen molar-refractivity contribution in [1.82, 2.24) is 0 Å². The second-order valence-corrected chi connectivity index (χ2v) is 3.05. The number of halogens is 8. The van der Waals surface area contributed by atoms with Gasteiger partial charge in [-0.2, -0.15) is 35.1 Å². The molecule has 0 aromatic rings. The van der Waals surface area contributed by atoms with E-state index in [1.54, 1.807) is 0 Å². The number of hydrogen-bond donors (Lipinski definition) is 0. The number of hydrogen-bond acceptors (Lipinski definition) is 0. The highest BCUT2D eigenvalue weighted by atomic mass is 19.4. The van der Waals surface area contributed by atoms with Gasteiger partial charge in [0, 0.05) is 0 Å². The molecule has 0 aromatic carbocycles. The highest BCUT2D eigenvalue weighted by molar-refractivity contribution is 5.23. The highest BCUT2D eigenvalue weighted by Crippen LogP contribution is 2.52. The van der Waals surface area contributed by atoms with Crippen LogP contribution in [0.3, 0.4) is 0 Å². The lowest BCUT2D eigenvalue weighted by Gasteiger charge is -2.32. The van der Waals surface area contributed by atoms with Crippen molar-refractivity contribution < 1.29 is 35.1 Å². The molecule has 0 N–H and O–H groups in total. The SMILES string of the molecule is CC#CC(F)(F)C(F)(F)C(F)(F)C(F)(F)C#CC. The third kappa shape index (κ3) is 2.38. The first kappa shape index (κ1) is 16.6. The molecule has 0 aliphatic carbocycles. The van der Waals surface area contributed by atoms with Crippen molar-refractivity contribution in [3.05, 3.63) is 0 Å². The molecule has 0 nitrogen and oxygen atoms in total. The van der Waals surface area contributed by atoms with Gasteiger partial charge in [0.15, 0.2) is 0 Å². The molecule has 102 valence electrons. The first-order chi connectivity index (χ1) is 7.87. The van der Waals surface area contributed by atoms with Crippen LogP contribution in [-0.4, -0.2) is 23.7 Å². The molecule has 0 rings (SSSR count). The van der Waals surface area contributed by atoms with Crippen LogP contribution in [0.2, 0.25) is 0 Å². The number of alkyl halides is 8. The van der Waals surface area contributed by atoms with Crippen molar-refractivity contribution in [3.8, 4) is 23.7 Å². The summed E-state index contributed by atoms with van der Waals surface area (Å²) in [6, 6.07) is 0. The maximum atomic E-state index is 12.8. The lowest BCUT2D eigenvalue weighted by molar-refractivity contribution is -0.339. The lowest BCUT2D eigenvalue weighted by Crippen LogP contribution is -2.61. The molecular weight excluding hydrogens is 272 g/mol. The van der Waals surface area contributed by atoms with Gasteiger partial charge in [0.05, 0.1) is 0 Å². The van der Waals surface area contributed by atoms with E-state index in [4.69, 9.17) is 0 Å². The minimum atomic E-state index is -6.36. The van der Waals surface area contributed by atoms with Crippen LogP contribution in [0.1, 0.15) is 13.8 Å². The highest BCUT2D eigenvalue weighted by Gasteiger charge is 2.80. The van der Waals surface area contributed by atoms with Crippen molar-refractivity contribution in [2.75, 3.05) is 0 Å². The second-order valence-electron chi connectivity index (χ2n) is 3.05. The zero-order chi connectivity index (χ0) is 14.8. The smallest absolute Gasteiger partial charge is 0.191 e. The zero-order valence-corrected chi connectivity index (χ0v) is 9.02. The topological polar surface area (TPSA) is 0 Å². The Morgan fingerprint density at radius 2 is 0.778 bits per heavy atom. The van der Waals surface area contributed by atoms with Gasteiger partial charge in [0.2, 0.25) is 0 Å². The largest absolute Gasteiger partial charge is 0.390 e. The quantitative estimate of drug-likeness (QED) is 0.547. The van der Waals surface area contributed by atoms with Gasteiger partial charge in [-0.1, -0.05) is 0 Å². The van der Waals surface area contributed by atoms with Gasteiger partial charge in [-0.3, -0.25) is 0 Å². The number of rotatable bonds is 3. The van der Waals surface area contributed by atoms with Gasteiger partial charge in [0.25, 0.3) is 0 Å². The molecule has 0 saturated carbocycles. The molecule has 8 heteroatoms. The molecule has 0 aromatic heterocycles. The Bertz CT molecular complexity index is 384. The normalized spacial score (nSPS) is 13.2. The third-order valence-corrected chi connectivity index (χ3v) is 1.75. The van der Waals surface area contributed by atoms with Crippen LogP contribution in [0, 0.1) is 23.7 Å². The third-order valence-electron chi connectivity index (χ3n) is 1.75. The molecule has 0 radical (unpaired) electrons. The first-order valence-corrected chi connectivity index (χ1v) is 4.26. The van der Waals surface area contributed by atoms with E-state index in [2.05, 4.69) is 0 Å². The second kappa shape index (κ2) is 4.68. The fraction of sp³-hybridized carbons (Fsp3) is 0.600. The fourth-order valence-electron chi connectivity index (χ4n) is 0.865. The van der Waals surface area contributed by atoms with E-state index in [-0.39, 0.29) is 0 Å². The Balaban J connectivity index is 5.83. The summed E-state index contributed by atoms with van der Waals surface area (Å²) in [5, 5.41) is 0. The lowest BCUT2D eigenvalue weighted by atomic mass is 9.99. The van der Waals surface area contributed by atoms with Crippen molar-refractivity contribution >= 4 is 0 Å². The van der Waals surface area contributed by atoms with Crippen LogP contribution in [0.5, 0.6) is 0 Å². The maximum absolute atomic E-state index is 12.8. The van der Waals surface area contributed by atoms with E-state index in [0.29, 0.717) is 25.7 Å². The minimum absolute atomic E-state index is 0.488. The zero-order valence-electron chi connectivity index (χ0n) is 9.02. The molecule has 0 aliphatic heterocycles. The maximum Gasteiger partial charge on any atom is 0.390 e.